The summed E-state index contributed by atoms with van der Waals surface area (Å²) in [5.74, 6) is 0.658. The van der Waals surface area contributed by atoms with Gasteiger partial charge >= 0.3 is 0 Å². The summed E-state index contributed by atoms with van der Waals surface area (Å²) in [6, 6.07) is 10.6. The first kappa shape index (κ1) is 10.8. The fourth-order valence-electron chi connectivity index (χ4n) is 2.47. The van der Waals surface area contributed by atoms with Crippen LogP contribution in [0, 0.1) is 18.3 Å². The Balaban J connectivity index is 2.24. The summed E-state index contributed by atoms with van der Waals surface area (Å²) in [5, 5.41) is 12.1. The summed E-state index contributed by atoms with van der Waals surface area (Å²) in [5.41, 5.74) is 6.49. The molecule has 88 valence electrons. The molecule has 2 aromatic rings. The monoisotopic (exact) mass is 235 g/mol. The van der Waals surface area contributed by atoms with Crippen LogP contribution in [-0.2, 0) is 6.42 Å². The van der Waals surface area contributed by atoms with Gasteiger partial charge in [-0.2, -0.15) is 5.26 Å². The van der Waals surface area contributed by atoms with Crippen molar-refractivity contribution in [1.29, 1.82) is 5.26 Å². The molecule has 0 saturated heterocycles. The minimum absolute atomic E-state index is 0.612. The minimum Gasteiger partial charge on any atom is -0.372 e. The Kier molecular flexibility index (Phi) is 2.31. The molecular weight excluding hydrogens is 222 g/mol. The Bertz CT molecular complexity index is 681. The molecule has 0 aliphatic heterocycles. The highest BCUT2D eigenvalue weighted by Gasteiger charge is 2.21. The Morgan fingerprint density at radius 1 is 1.28 bits per heavy atom. The van der Waals surface area contributed by atoms with E-state index in [1.165, 1.54) is 16.7 Å². The number of nitriles is 1. The van der Waals surface area contributed by atoms with Gasteiger partial charge in [0.15, 0.2) is 0 Å². The van der Waals surface area contributed by atoms with E-state index in [2.05, 4.69) is 41.5 Å². The number of rotatable bonds is 1. The number of pyridine rings is 1. The topological polar surface area (TPSA) is 48.7 Å². The number of fused-ring (bicyclic) bond motifs is 3. The third-order valence-corrected chi connectivity index (χ3v) is 3.36. The number of nitrogens with one attached hydrogen (secondary N) is 1. The van der Waals surface area contributed by atoms with Gasteiger partial charge in [-0.05, 0) is 30.2 Å². The van der Waals surface area contributed by atoms with Gasteiger partial charge in [0.05, 0.1) is 11.3 Å². The Morgan fingerprint density at radius 2 is 2.11 bits per heavy atom. The van der Waals surface area contributed by atoms with Gasteiger partial charge < -0.3 is 5.32 Å². The van der Waals surface area contributed by atoms with E-state index >= 15 is 0 Å². The van der Waals surface area contributed by atoms with Crippen molar-refractivity contribution in [2.75, 3.05) is 12.4 Å². The molecule has 0 bridgehead atoms. The average Bonchev–Trinajstić information content (AvgIpc) is 2.74. The van der Waals surface area contributed by atoms with Crippen molar-refractivity contribution >= 4 is 5.82 Å². The van der Waals surface area contributed by atoms with Crippen LogP contribution in [0.1, 0.15) is 22.3 Å². The van der Waals surface area contributed by atoms with Gasteiger partial charge in [-0.3, -0.25) is 0 Å². The Hall–Kier alpha value is -2.34. The molecule has 1 aromatic carbocycles. The first-order valence-electron chi connectivity index (χ1n) is 5.94. The van der Waals surface area contributed by atoms with Crippen LogP contribution < -0.4 is 5.32 Å². The van der Waals surface area contributed by atoms with Gasteiger partial charge in [-0.25, -0.2) is 4.98 Å². The fourth-order valence-corrected chi connectivity index (χ4v) is 2.47. The molecule has 0 radical (unpaired) electrons. The highest BCUT2D eigenvalue weighted by molar-refractivity contribution is 5.77. The molecule has 1 heterocycles. The lowest BCUT2D eigenvalue weighted by molar-refractivity contribution is 1.21. The summed E-state index contributed by atoms with van der Waals surface area (Å²) in [6.07, 6.45) is 0.872. The van der Waals surface area contributed by atoms with Crippen LogP contribution in [0.3, 0.4) is 0 Å². The van der Waals surface area contributed by atoms with Crippen molar-refractivity contribution in [3.63, 3.8) is 0 Å². The molecule has 3 heteroatoms. The molecule has 1 aliphatic carbocycles. The normalized spacial score (nSPS) is 11.6. The van der Waals surface area contributed by atoms with Crippen LogP contribution in [0.2, 0.25) is 0 Å². The maximum atomic E-state index is 9.11. The molecule has 0 unspecified atom stereocenters. The average molecular weight is 235 g/mol. The number of nitrogens with zero attached hydrogens (tertiary/aromatic N) is 2. The van der Waals surface area contributed by atoms with Gasteiger partial charge in [-0.15, -0.1) is 0 Å². The van der Waals surface area contributed by atoms with Gasteiger partial charge in [0.2, 0.25) is 0 Å². The number of benzene rings is 1. The molecule has 0 atom stereocenters. The van der Waals surface area contributed by atoms with E-state index in [-0.39, 0.29) is 0 Å². The van der Waals surface area contributed by atoms with Crippen LogP contribution in [-0.4, -0.2) is 12.0 Å². The zero-order valence-electron chi connectivity index (χ0n) is 10.4. The van der Waals surface area contributed by atoms with E-state index in [0.717, 1.165) is 17.7 Å². The Morgan fingerprint density at radius 3 is 2.83 bits per heavy atom. The summed E-state index contributed by atoms with van der Waals surface area (Å²) in [7, 11) is 1.79. The lowest BCUT2D eigenvalue weighted by atomic mass is 10.1. The SMILES string of the molecule is CNc1nc2c(cc1C#N)Cc1ccc(C)cc1-2. The molecule has 1 aliphatic rings. The second-order valence-electron chi connectivity index (χ2n) is 4.59. The van der Waals surface area contributed by atoms with Crippen LogP contribution in [0.15, 0.2) is 24.3 Å². The predicted molar refractivity (Wildman–Crippen MR) is 71.5 cm³/mol. The van der Waals surface area contributed by atoms with E-state index in [1.54, 1.807) is 7.05 Å². The van der Waals surface area contributed by atoms with Crippen LogP contribution in [0.5, 0.6) is 0 Å². The third kappa shape index (κ3) is 1.46. The van der Waals surface area contributed by atoms with Gasteiger partial charge in [0.25, 0.3) is 0 Å². The highest BCUT2D eigenvalue weighted by Crippen LogP contribution is 2.37. The molecule has 1 aromatic heterocycles. The number of anilines is 1. The first-order chi connectivity index (χ1) is 8.72. The van der Waals surface area contributed by atoms with E-state index in [9.17, 15) is 0 Å². The molecule has 0 amide bonds. The zero-order valence-corrected chi connectivity index (χ0v) is 10.4. The molecular formula is C15H13N3. The third-order valence-electron chi connectivity index (χ3n) is 3.36. The van der Waals surface area contributed by atoms with E-state index < -0.39 is 0 Å². The smallest absolute Gasteiger partial charge is 0.144 e. The van der Waals surface area contributed by atoms with Crippen LogP contribution >= 0.6 is 0 Å². The highest BCUT2D eigenvalue weighted by atomic mass is 15.0. The molecule has 3 nitrogen and oxygen atoms in total. The van der Waals surface area contributed by atoms with Crippen LogP contribution in [0.25, 0.3) is 11.3 Å². The van der Waals surface area contributed by atoms with Crippen molar-refractivity contribution in [3.05, 3.63) is 46.5 Å². The molecule has 1 N–H and O–H groups in total. The minimum atomic E-state index is 0.612. The summed E-state index contributed by atoms with van der Waals surface area (Å²) in [6.45, 7) is 2.08. The largest absolute Gasteiger partial charge is 0.372 e. The molecule has 3 rings (SSSR count). The summed E-state index contributed by atoms with van der Waals surface area (Å²) in [4.78, 5) is 4.59. The second kappa shape index (κ2) is 3.85. The molecule has 0 fully saturated rings. The van der Waals surface area contributed by atoms with E-state index in [4.69, 9.17) is 5.26 Å². The van der Waals surface area contributed by atoms with Crippen molar-refractivity contribution in [3.8, 4) is 17.3 Å². The van der Waals surface area contributed by atoms with Crippen LogP contribution in [0.4, 0.5) is 5.82 Å². The van der Waals surface area contributed by atoms with Crippen molar-refractivity contribution in [2.45, 2.75) is 13.3 Å². The lowest BCUT2D eigenvalue weighted by Gasteiger charge is -2.06. The fraction of sp³-hybridized carbons (Fsp3) is 0.200. The predicted octanol–water partition coefficient (Wildman–Crippen LogP) is 2.87. The first-order valence-corrected chi connectivity index (χ1v) is 5.94. The van der Waals surface area contributed by atoms with E-state index in [1.807, 2.05) is 6.07 Å². The quantitative estimate of drug-likeness (QED) is 0.705. The van der Waals surface area contributed by atoms with Crippen molar-refractivity contribution < 1.29 is 0 Å². The number of hydrogen-bond acceptors (Lipinski definition) is 3. The second-order valence-corrected chi connectivity index (χ2v) is 4.59. The zero-order chi connectivity index (χ0) is 12.7. The molecule has 18 heavy (non-hydrogen) atoms. The maximum absolute atomic E-state index is 9.11. The summed E-state index contributed by atoms with van der Waals surface area (Å²) < 4.78 is 0. The van der Waals surface area contributed by atoms with Gasteiger partial charge in [0.1, 0.15) is 11.9 Å². The van der Waals surface area contributed by atoms with Gasteiger partial charge in [-0.1, -0.05) is 17.7 Å². The standard InChI is InChI=1S/C15H13N3/c1-9-3-4-10-6-11-7-12(8-16)15(17-2)18-14(11)13(10)5-9/h3-5,7H,6H2,1-2H3,(H,17,18). The Labute approximate surface area is 106 Å². The summed E-state index contributed by atoms with van der Waals surface area (Å²) >= 11 is 0. The van der Waals surface area contributed by atoms with E-state index in [0.29, 0.717) is 11.4 Å². The van der Waals surface area contributed by atoms with Crippen molar-refractivity contribution in [1.82, 2.24) is 4.98 Å². The molecule has 0 saturated carbocycles. The molecule has 0 spiro atoms. The maximum Gasteiger partial charge on any atom is 0.144 e. The number of hydrogen-bond donors (Lipinski definition) is 1. The lowest BCUT2D eigenvalue weighted by Crippen LogP contribution is -1.98. The number of aryl methyl sites for hydroxylation is 1. The number of aromatic nitrogens is 1. The van der Waals surface area contributed by atoms with Crippen molar-refractivity contribution in [2.24, 2.45) is 0 Å². The van der Waals surface area contributed by atoms with Gasteiger partial charge in [0, 0.05) is 19.0 Å².